The number of halogens is 1. The Morgan fingerprint density at radius 3 is 2.63 bits per heavy atom. The molecule has 0 spiro atoms. The molecule has 1 aromatic heterocycles. The van der Waals surface area contributed by atoms with Gasteiger partial charge < -0.3 is 14.6 Å². The zero-order valence-electron chi connectivity index (χ0n) is 15.4. The van der Waals surface area contributed by atoms with Crippen LogP contribution in [0.3, 0.4) is 0 Å². The molecule has 1 aromatic carbocycles. The van der Waals surface area contributed by atoms with Crippen LogP contribution in [0.1, 0.15) is 59.4 Å². The number of aromatic nitrogens is 1. The molecule has 1 N–H and O–H groups in total. The van der Waals surface area contributed by atoms with Crippen molar-refractivity contribution in [3.05, 3.63) is 62.8 Å². The first-order valence-corrected chi connectivity index (χ1v) is 9.49. The second kappa shape index (κ2) is 6.83. The fourth-order valence-corrected chi connectivity index (χ4v) is 4.33. The maximum Gasteiger partial charge on any atom is 0.260 e. The van der Waals surface area contributed by atoms with Crippen molar-refractivity contribution in [3.8, 4) is 5.75 Å². The Bertz CT molecular complexity index is 949. The molecule has 0 fully saturated rings. The molecule has 0 aliphatic carbocycles. The smallest absolute Gasteiger partial charge is 0.260 e. The van der Waals surface area contributed by atoms with E-state index in [-0.39, 0.29) is 29.0 Å². The average molecular weight is 370 g/mol. The zero-order chi connectivity index (χ0) is 19.1. The highest BCUT2D eigenvalue weighted by Crippen LogP contribution is 2.34. The van der Waals surface area contributed by atoms with Crippen molar-refractivity contribution in [2.75, 3.05) is 6.54 Å². The van der Waals surface area contributed by atoms with Crippen molar-refractivity contribution in [2.45, 2.75) is 51.6 Å². The number of nitrogens with zero attached hydrogens (tertiary/aromatic N) is 2. The van der Waals surface area contributed by atoms with E-state index in [9.17, 15) is 19.1 Å². The maximum absolute atomic E-state index is 13.1. The van der Waals surface area contributed by atoms with Crippen LogP contribution in [0.5, 0.6) is 5.75 Å². The minimum absolute atomic E-state index is 0.0952. The van der Waals surface area contributed by atoms with Gasteiger partial charge in [0, 0.05) is 37.7 Å². The topological polar surface area (TPSA) is 62.5 Å². The van der Waals surface area contributed by atoms with Gasteiger partial charge in [0.1, 0.15) is 11.4 Å². The summed E-state index contributed by atoms with van der Waals surface area (Å²) in [6.07, 6.45) is 3.52. The molecule has 3 heterocycles. The van der Waals surface area contributed by atoms with Gasteiger partial charge in [-0.2, -0.15) is 0 Å². The summed E-state index contributed by atoms with van der Waals surface area (Å²) in [6.45, 7) is 3.56. The standard InChI is InChI=1S/C21H23FN2O3/c1-13-4-2-3-10-24-16-9-11-23(12-14-5-7-15(22)8-6-14)21(27)17(16)19(25)20(26)18(13)24/h5-8,13,26H,2-4,9-12H2,1H3. The van der Waals surface area contributed by atoms with Crippen molar-refractivity contribution < 1.29 is 14.3 Å². The Kier molecular flexibility index (Phi) is 4.50. The molecule has 0 saturated heterocycles. The summed E-state index contributed by atoms with van der Waals surface area (Å²) in [4.78, 5) is 27.5. The molecule has 6 heteroatoms. The van der Waals surface area contributed by atoms with E-state index in [1.165, 1.54) is 12.1 Å². The number of benzene rings is 1. The van der Waals surface area contributed by atoms with Crippen LogP contribution in [0.25, 0.3) is 0 Å². The van der Waals surface area contributed by atoms with E-state index >= 15 is 0 Å². The molecular weight excluding hydrogens is 347 g/mol. The highest BCUT2D eigenvalue weighted by atomic mass is 19.1. The van der Waals surface area contributed by atoms with Crippen LogP contribution in [0.4, 0.5) is 4.39 Å². The molecule has 2 aliphatic heterocycles. The minimum Gasteiger partial charge on any atom is -0.503 e. The summed E-state index contributed by atoms with van der Waals surface area (Å²) in [6, 6.07) is 6.00. The lowest BCUT2D eigenvalue weighted by atomic mass is 9.96. The number of hydrogen-bond acceptors (Lipinski definition) is 3. The van der Waals surface area contributed by atoms with E-state index in [1.807, 2.05) is 11.5 Å². The van der Waals surface area contributed by atoms with E-state index in [2.05, 4.69) is 0 Å². The number of fused-ring (bicyclic) bond motifs is 3. The van der Waals surface area contributed by atoms with Gasteiger partial charge in [-0.25, -0.2) is 4.39 Å². The highest BCUT2D eigenvalue weighted by Gasteiger charge is 2.34. The molecule has 1 unspecified atom stereocenters. The number of carbonyl (C=O) groups is 1. The van der Waals surface area contributed by atoms with Crippen molar-refractivity contribution in [1.29, 1.82) is 0 Å². The molecule has 0 radical (unpaired) electrons. The van der Waals surface area contributed by atoms with Crippen molar-refractivity contribution in [2.24, 2.45) is 0 Å². The number of carbonyl (C=O) groups excluding carboxylic acids is 1. The zero-order valence-corrected chi connectivity index (χ0v) is 15.4. The number of hydrogen-bond donors (Lipinski definition) is 1. The van der Waals surface area contributed by atoms with E-state index in [4.69, 9.17) is 0 Å². The summed E-state index contributed by atoms with van der Waals surface area (Å²) in [7, 11) is 0. The van der Waals surface area contributed by atoms with Crippen LogP contribution in [0, 0.1) is 5.82 Å². The lowest BCUT2D eigenvalue weighted by Crippen LogP contribution is -2.42. The molecule has 1 atom stereocenters. The molecule has 0 saturated carbocycles. The van der Waals surface area contributed by atoms with Gasteiger partial charge in [-0.1, -0.05) is 25.5 Å². The third-order valence-corrected chi connectivity index (χ3v) is 5.73. The van der Waals surface area contributed by atoms with Gasteiger partial charge in [0.05, 0.1) is 5.69 Å². The maximum atomic E-state index is 13.1. The quantitative estimate of drug-likeness (QED) is 0.883. The predicted molar refractivity (Wildman–Crippen MR) is 99.5 cm³/mol. The lowest BCUT2D eigenvalue weighted by Gasteiger charge is -2.32. The SMILES string of the molecule is CC1CCCCn2c3c(c(=O)c(O)c21)C(=O)N(Cc1ccc(F)cc1)CC3. The Labute approximate surface area is 157 Å². The molecule has 4 rings (SSSR count). The number of aromatic hydroxyl groups is 1. The first-order chi connectivity index (χ1) is 13.0. The summed E-state index contributed by atoms with van der Waals surface area (Å²) < 4.78 is 15.1. The van der Waals surface area contributed by atoms with Crippen LogP contribution in [0.15, 0.2) is 29.1 Å². The number of amides is 1. The molecule has 0 bridgehead atoms. The Morgan fingerprint density at radius 1 is 1.15 bits per heavy atom. The van der Waals surface area contributed by atoms with Crippen molar-refractivity contribution >= 4 is 5.91 Å². The van der Waals surface area contributed by atoms with Gasteiger partial charge in [0.2, 0.25) is 5.43 Å². The largest absolute Gasteiger partial charge is 0.503 e. The van der Waals surface area contributed by atoms with Gasteiger partial charge in [-0.3, -0.25) is 9.59 Å². The van der Waals surface area contributed by atoms with Crippen molar-refractivity contribution in [1.82, 2.24) is 9.47 Å². The van der Waals surface area contributed by atoms with E-state index in [0.29, 0.717) is 25.2 Å². The Morgan fingerprint density at radius 2 is 1.89 bits per heavy atom. The Hall–Kier alpha value is -2.63. The van der Waals surface area contributed by atoms with Crippen LogP contribution in [0.2, 0.25) is 0 Å². The van der Waals surface area contributed by atoms with E-state index in [1.54, 1.807) is 17.0 Å². The van der Waals surface area contributed by atoms with E-state index in [0.717, 1.165) is 37.1 Å². The van der Waals surface area contributed by atoms with Crippen LogP contribution in [-0.4, -0.2) is 27.0 Å². The molecule has 5 nitrogen and oxygen atoms in total. The van der Waals surface area contributed by atoms with Gasteiger partial charge in [0.25, 0.3) is 5.91 Å². The molecule has 2 aromatic rings. The van der Waals surface area contributed by atoms with Crippen LogP contribution < -0.4 is 5.43 Å². The first-order valence-electron chi connectivity index (χ1n) is 9.49. The minimum atomic E-state index is -0.557. The van der Waals surface area contributed by atoms with Gasteiger partial charge >= 0.3 is 0 Å². The average Bonchev–Trinajstić information content (AvgIpc) is 2.85. The van der Waals surface area contributed by atoms with Crippen molar-refractivity contribution in [3.63, 3.8) is 0 Å². The van der Waals surface area contributed by atoms with Gasteiger partial charge in [-0.15, -0.1) is 0 Å². The van der Waals surface area contributed by atoms with Gasteiger partial charge in [-0.05, 0) is 30.5 Å². The molecule has 2 aliphatic rings. The third kappa shape index (κ3) is 3.03. The third-order valence-electron chi connectivity index (χ3n) is 5.73. The second-order valence-corrected chi connectivity index (χ2v) is 7.54. The monoisotopic (exact) mass is 370 g/mol. The number of pyridine rings is 1. The normalized spacial score (nSPS) is 19.4. The lowest BCUT2D eigenvalue weighted by molar-refractivity contribution is 0.0720. The Balaban J connectivity index is 1.74. The fourth-order valence-electron chi connectivity index (χ4n) is 4.33. The highest BCUT2D eigenvalue weighted by molar-refractivity contribution is 5.96. The summed E-state index contributed by atoms with van der Waals surface area (Å²) in [5.74, 6) is -0.861. The first kappa shape index (κ1) is 17.8. The second-order valence-electron chi connectivity index (χ2n) is 7.54. The summed E-state index contributed by atoms with van der Waals surface area (Å²) >= 11 is 0. The summed E-state index contributed by atoms with van der Waals surface area (Å²) in [5.41, 5.74) is 1.77. The number of rotatable bonds is 2. The molecule has 1 amide bonds. The van der Waals surface area contributed by atoms with Crippen LogP contribution >= 0.6 is 0 Å². The summed E-state index contributed by atoms with van der Waals surface area (Å²) in [5, 5.41) is 10.6. The molecule has 27 heavy (non-hydrogen) atoms. The van der Waals surface area contributed by atoms with E-state index < -0.39 is 5.43 Å². The van der Waals surface area contributed by atoms with Crippen LogP contribution in [-0.2, 0) is 19.5 Å². The molecule has 142 valence electrons. The fraction of sp³-hybridized carbons (Fsp3) is 0.429. The predicted octanol–water partition coefficient (Wildman–Crippen LogP) is 3.18. The van der Waals surface area contributed by atoms with Gasteiger partial charge in [0.15, 0.2) is 5.75 Å². The molecular formula is C21H23FN2O3.